The third-order valence-electron chi connectivity index (χ3n) is 11.2. The van der Waals surface area contributed by atoms with Gasteiger partial charge >= 0.3 is 11.9 Å². The molecule has 0 aliphatic heterocycles. The van der Waals surface area contributed by atoms with Crippen LogP contribution in [0.1, 0.15) is 106 Å². The fourth-order valence-corrected chi connectivity index (χ4v) is 8.62. The molecular weight excluding hydrogens is 548 g/mol. The van der Waals surface area contributed by atoms with Crippen LogP contribution in [0.5, 0.6) is 0 Å². The maximum absolute atomic E-state index is 13.5. The zero-order valence-electron chi connectivity index (χ0n) is 27.1. The van der Waals surface area contributed by atoms with Crippen molar-refractivity contribution in [1.29, 1.82) is 0 Å². The van der Waals surface area contributed by atoms with Crippen LogP contribution in [0, 0.1) is 29.1 Å². The highest BCUT2D eigenvalue weighted by Gasteiger charge is 2.88. The Hall–Kier alpha value is -2.29. The Labute approximate surface area is 256 Å². The number of fused-ring (bicyclic) bond motifs is 5. The maximum atomic E-state index is 13.5. The number of aliphatic hydroxyl groups excluding tert-OH is 1. The smallest absolute Gasteiger partial charge is 0.333 e. The van der Waals surface area contributed by atoms with Gasteiger partial charge in [-0.1, -0.05) is 84.4 Å². The van der Waals surface area contributed by atoms with Gasteiger partial charge in [-0.05, 0) is 38.3 Å². The van der Waals surface area contributed by atoms with E-state index in [1.165, 1.54) is 19.3 Å². The van der Waals surface area contributed by atoms with Gasteiger partial charge in [0.2, 0.25) is 0 Å². The van der Waals surface area contributed by atoms with Gasteiger partial charge in [0.25, 0.3) is 0 Å². The number of esters is 2. The minimum Gasteiger partial charge on any atom is -0.454 e. The number of carbonyl (C=O) groups is 3. The molecule has 0 bridgehead atoms. The fourth-order valence-electron chi connectivity index (χ4n) is 8.62. The minimum atomic E-state index is -1.95. The predicted octanol–water partition coefficient (Wildman–Crippen LogP) is 5.14. The number of ketones is 1. The van der Waals surface area contributed by atoms with Gasteiger partial charge in [0, 0.05) is 47.5 Å². The molecule has 2 saturated carbocycles. The molecule has 0 spiro atoms. The molecule has 0 saturated heterocycles. The molecule has 4 aliphatic rings. The van der Waals surface area contributed by atoms with Gasteiger partial charge in [-0.25, -0.2) is 4.79 Å². The van der Waals surface area contributed by atoms with E-state index in [0.717, 1.165) is 19.3 Å². The number of Topliss-reactive ketones (excluding diaryl/α,β-unsaturated/α-hetero) is 1. The third kappa shape index (κ3) is 5.25. The molecule has 43 heavy (non-hydrogen) atoms. The Morgan fingerprint density at radius 3 is 2.30 bits per heavy atom. The van der Waals surface area contributed by atoms with Gasteiger partial charge in [-0.15, -0.1) is 0 Å². The fraction of sp³-hybridized carbons (Fsp3) is 0.743. The first kappa shape index (κ1) is 33.6. The number of aliphatic hydroxyl groups is 3. The quantitative estimate of drug-likeness (QED) is 0.122. The summed E-state index contributed by atoms with van der Waals surface area (Å²) >= 11 is 0. The van der Waals surface area contributed by atoms with Crippen molar-refractivity contribution in [2.24, 2.45) is 29.1 Å². The molecule has 8 heteroatoms. The van der Waals surface area contributed by atoms with Gasteiger partial charge in [0.1, 0.15) is 11.7 Å². The van der Waals surface area contributed by atoms with Crippen LogP contribution in [0.25, 0.3) is 0 Å². The van der Waals surface area contributed by atoms with Crippen molar-refractivity contribution >= 4 is 17.7 Å². The molecular formula is C35H52O8. The number of allylic oxidation sites excluding steroid dienone is 1. The lowest BCUT2D eigenvalue weighted by Crippen LogP contribution is -2.66. The second-order valence-corrected chi connectivity index (χ2v) is 14.1. The summed E-state index contributed by atoms with van der Waals surface area (Å²) in [4.78, 5) is 40.0. The number of hydrogen-bond donors (Lipinski definition) is 3. The Morgan fingerprint density at radius 1 is 1.07 bits per heavy atom. The third-order valence-corrected chi connectivity index (χ3v) is 11.2. The number of rotatable bonds is 12. The average molecular weight is 601 g/mol. The molecule has 4 aliphatic carbocycles. The molecule has 0 aromatic heterocycles. The Bertz CT molecular complexity index is 1210. The molecule has 0 amide bonds. The first-order chi connectivity index (χ1) is 20.2. The molecule has 8 atom stereocenters. The Balaban J connectivity index is 1.73. The molecule has 2 fully saturated rings. The highest BCUT2D eigenvalue weighted by atomic mass is 16.6. The van der Waals surface area contributed by atoms with Gasteiger partial charge < -0.3 is 24.8 Å². The number of hydrogen-bond acceptors (Lipinski definition) is 8. The summed E-state index contributed by atoms with van der Waals surface area (Å²) in [5, 5.41) is 35.0. The van der Waals surface area contributed by atoms with Crippen molar-refractivity contribution in [3.05, 3.63) is 34.9 Å². The van der Waals surface area contributed by atoms with Crippen molar-refractivity contribution in [1.82, 2.24) is 0 Å². The second-order valence-electron chi connectivity index (χ2n) is 14.1. The first-order valence-corrected chi connectivity index (χ1v) is 16.2. The SMILES string of the molecule is C/C=C(\C)C(=O)O[C@@H]1[C@@H](C)[C@@]2(O)[C@@H](C=C(CO)C[C@]3(O)C(=O)C(C)=C[C@@H]23)[C@@H]2C(C)(C)[C@]12OC(=O)CCCCCCCCC. The van der Waals surface area contributed by atoms with Crippen LogP contribution in [0.3, 0.4) is 0 Å². The van der Waals surface area contributed by atoms with E-state index in [4.69, 9.17) is 9.47 Å². The van der Waals surface area contributed by atoms with Crippen molar-refractivity contribution in [2.75, 3.05) is 6.61 Å². The van der Waals surface area contributed by atoms with Gasteiger partial charge in [-0.2, -0.15) is 0 Å². The summed E-state index contributed by atoms with van der Waals surface area (Å²) in [6.07, 6.45) is 11.6. The number of carbonyl (C=O) groups excluding carboxylic acids is 3. The standard InChI is InChI=1S/C35H52O8/c1-8-10-11-12-13-14-15-16-27(37)43-35-28(32(35,6)7)25-18-24(20-36)19-33(40)26(17-22(4)29(33)38)34(25,41)23(5)30(35)42-31(39)21(3)9-2/h9,17-18,23,25-26,28,30,36,40-41H,8,10-16,19-20H2,1-7H3/b21-9+/t23-,25+,26-,28-,30-,33-,34-,35-/m1/s1. The normalized spacial score (nSPS) is 37.8. The summed E-state index contributed by atoms with van der Waals surface area (Å²) in [5.41, 5.74) is -4.46. The van der Waals surface area contributed by atoms with Crippen molar-refractivity contribution in [3.63, 3.8) is 0 Å². The van der Waals surface area contributed by atoms with E-state index in [-0.39, 0.29) is 25.4 Å². The van der Waals surface area contributed by atoms with E-state index >= 15 is 0 Å². The first-order valence-electron chi connectivity index (χ1n) is 16.2. The molecule has 4 rings (SSSR count). The maximum Gasteiger partial charge on any atom is 0.333 e. The molecule has 0 aromatic carbocycles. The second kappa shape index (κ2) is 12.2. The molecule has 0 heterocycles. The van der Waals surface area contributed by atoms with E-state index in [0.29, 0.717) is 23.1 Å². The van der Waals surface area contributed by atoms with Crippen LogP contribution >= 0.6 is 0 Å². The summed E-state index contributed by atoms with van der Waals surface area (Å²) in [6.45, 7) is 12.4. The minimum absolute atomic E-state index is 0.118. The highest BCUT2D eigenvalue weighted by molar-refractivity contribution is 6.04. The lowest BCUT2D eigenvalue weighted by atomic mass is 9.59. The highest BCUT2D eigenvalue weighted by Crippen LogP contribution is 2.77. The van der Waals surface area contributed by atoms with Crippen LogP contribution in [0.4, 0.5) is 0 Å². The van der Waals surface area contributed by atoms with Crippen molar-refractivity contribution < 1.29 is 39.2 Å². The molecule has 8 nitrogen and oxygen atoms in total. The molecule has 0 unspecified atom stereocenters. The van der Waals surface area contributed by atoms with Crippen LogP contribution in [0.2, 0.25) is 0 Å². The van der Waals surface area contributed by atoms with Gasteiger partial charge in [0.15, 0.2) is 11.4 Å². The summed E-state index contributed by atoms with van der Waals surface area (Å²) in [7, 11) is 0. The average Bonchev–Trinajstić information content (AvgIpc) is 3.39. The summed E-state index contributed by atoms with van der Waals surface area (Å²) in [6, 6.07) is 0. The van der Waals surface area contributed by atoms with Crippen LogP contribution in [-0.4, -0.2) is 62.6 Å². The molecule has 0 aromatic rings. The largest absolute Gasteiger partial charge is 0.454 e. The monoisotopic (exact) mass is 600 g/mol. The molecule has 3 N–H and O–H groups in total. The van der Waals surface area contributed by atoms with Crippen molar-refractivity contribution in [3.8, 4) is 0 Å². The van der Waals surface area contributed by atoms with E-state index in [1.54, 1.807) is 45.9 Å². The molecule has 240 valence electrons. The zero-order valence-corrected chi connectivity index (χ0v) is 27.1. The van der Waals surface area contributed by atoms with Gasteiger partial charge in [-0.3, -0.25) is 9.59 Å². The lowest BCUT2D eigenvalue weighted by molar-refractivity contribution is -0.227. The van der Waals surface area contributed by atoms with Gasteiger partial charge in [0.05, 0.1) is 12.2 Å². The number of unbranched alkanes of at least 4 members (excludes halogenated alkanes) is 6. The topological polar surface area (TPSA) is 130 Å². The van der Waals surface area contributed by atoms with Crippen LogP contribution in [-0.2, 0) is 23.9 Å². The predicted molar refractivity (Wildman–Crippen MR) is 163 cm³/mol. The van der Waals surface area contributed by atoms with E-state index in [2.05, 4.69) is 6.92 Å². The van der Waals surface area contributed by atoms with E-state index in [9.17, 15) is 29.7 Å². The molecule has 0 radical (unpaired) electrons. The number of ether oxygens (including phenoxy) is 2. The lowest BCUT2D eigenvalue weighted by Gasteiger charge is -2.53. The zero-order chi connectivity index (χ0) is 32.0. The van der Waals surface area contributed by atoms with Crippen LogP contribution in [0.15, 0.2) is 34.9 Å². The van der Waals surface area contributed by atoms with E-state index < -0.39 is 63.7 Å². The Morgan fingerprint density at radius 2 is 1.70 bits per heavy atom. The van der Waals surface area contributed by atoms with Crippen molar-refractivity contribution in [2.45, 2.75) is 129 Å². The summed E-state index contributed by atoms with van der Waals surface area (Å²) in [5.74, 6) is -4.44. The Kier molecular flexibility index (Phi) is 9.57. The van der Waals surface area contributed by atoms with Crippen LogP contribution < -0.4 is 0 Å². The summed E-state index contributed by atoms with van der Waals surface area (Å²) < 4.78 is 12.6. The van der Waals surface area contributed by atoms with E-state index in [1.807, 2.05) is 13.8 Å².